The van der Waals surface area contributed by atoms with Gasteiger partial charge in [-0.05, 0) is 55.2 Å². The van der Waals surface area contributed by atoms with Crippen LogP contribution in [0.3, 0.4) is 0 Å². The fourth-order valence-electron chi connectivity index (χ4n) is 5.34. The number of alkyl halides is 1. The Morgan fingerprint density at radius 1 is 1.14 bits per heavy atom. The molecular weight excluding hydrogens is 531 g/mol. The monoisotopic (exact) mass is 574 g/mol. The van der Waals surface area contributed by atoms with E-state index in [2.05, 4.69) is 50.4 Å². The Morgan fingerprint density at radius 3 is 2.55 bits per heavy atom. The normalized spacial score (nSPS) is 17.0. The van der Waals surface area contributed by atoms with Gasteiger partial charge in [0.25, 0.3) is 5.91 Å². The van der Waals surface area contributed by atoms with Crippen molar-refractivity contribution in [3.05, 3.63) is 72.1 Å². The SMILES string of the molecule is C=CCNC(=O)c1cnc(Nc2ccc(N3CCC(F)(CN)CC3)cc2)nc1Nc1ccc2c(n1)C(CC)CC2.CC. The van der Waals surface area contributed by atoms with Gasteiger partial charge in [-0.25, -0.2) is 14.4 Å². The lowest BCUT2D eigenvalue weighted by Gasteiger charge is -2.37. The average molecular weight is 575 g/mol. The van der Waals surface area contributed by atoms with Crippen LogP contribution in [-0.2, 0) is 6.42 Å². The minimum Gasteiger partial charge on any atom is -0.371 e. The van der Waals surface area contributed by atoms with Crippen molar-refractivity contribution >= 4 is 34.9 Å². The molecule has 10 heteroatoms. The molecule has 2 aliphatic rings. The molecule has 1 unspecified atom stereocenters. The number of fused-ring (bicyclic) bond motifs is 1. The second-order valence-corrected chi connectivity index (χ2v) is 10.5. The van der Waals surface area contributed by atoms with E-state index < -0.39 is 5.67 Å². The van der Waals surface area contributed by atoms with Gasteiger partial charge in [-0.3, -0.25) is 4.79 Å². The Bertz CT molecular complexity index is 1360. The number of pyridine rings is 1. The number of nitrogens with one attached hydrogen (secondary N) is 3. The highest BCUT2D eigenvalue weighted by Crippen LogP contribution is 2.35. The first-order valence-corrected chi connectivity index (χ1v) is 15.0. The van der Waals surface area contributed by atoms with Crippen LogP contribution in [0.15, 0.2) is 55.3 Å². The number of aromatic nitrogens is 3. The molecule has 224 valence electrons. The highest BCUT2D eigenvalue weighted by molar-refractivity contribution is 5.99. The molecule has 9 nitrogen and oxygen atoms in total. The first kappa shape index (κ1) is 30.9. The van der Waals surface area contributed by atoms with Crippen LogP contribution >= 0.6 is 0 Å². The lowest BCUT2D eigenvalue weighted by atomic mass is 9.93. The number of carbonyl (C=O) groups excluding carboxylic acids is 1. The maximum atomic E-state index is 14.5. The molecule has 1 fully saturated rings. The number of piperidine rings is 1. The third-order valence-electron chi connectivity index (χ3n) is 7.85. The van der Waals surface area contributed by atoms with Gasteiger partial charge in [-0.15, -0.1) is 6.58 Å². The minimum absolute atomic E-state index is 0.0665. The highest BCUT2D eigenvalue weighted by Gasteiger charge is 2.33. The van der Waals surface area contributed by atoms with E-state index in [-0.39, 0.29) is 12.5 Å². The number of aryl methyl sites for hydroxylation is 1. The number of amides is 1. The van der Waals surface area contributed by atoms with E-state index in [4.69, 9.17) is 10.7 Å². The number of benzene rings is 1. The van der Waals surface area contributed by atoms with E-state index in [9.17, 15) is 9.18 Å². The van der Waals surface area contributed by atoms with Crippen molar-refractivity contribution in [2.75, 3.05) is 41.7 Å². The van der Waals surface area contributed by atoms with Gasteiger partial charge >= 0.3 is 0 Å². The van der Waals surface area contributed by atoms with Crippen LogP contribution in [-0.4, -0.2) is 52.7 Å². The molecule has 0 spiro atoms. The molecule has 1 saturated heterocycles. The molecule has 5 N–H and O–H groups in total. The smallest absolute Gasteiger partial charge is 0.256 e. The molecule has 1 aliphatic heterocycles. The quantitative estimate of drug-likeness (QED) is 0.217. The summed E-state index contributed by atoms with van der Waals surface area (Å²) in [4.78, 5) is 28.9. The maximum absolute atomic E-state index is 14.5. The topological polar surface area (TPSA) is 121 Å². The van der Waals surface area contributed by atoms with Gasteiger partial charge in [-0.1, -0.05) is 32.9 Å². The van der Waals surface area contributed by atoms with E-state index >= 15 is 0 Å². The van der Waals surface area contributed by atoms with Crippen LogP contribution < -0.4 is 26.6 Å². The number of hydrogen-bond donors (Lipinski definition) is 4. The van der Waals surface area contributed by atoms with Crippen molar-refractivity contribution in [2.24, 2.45) is 5.73 Å². The fourth-order valence-corrected chi connectivity index (χ4v) is 5.34. The standard InChI is InChI=1S/C30H37FN8O.C2H6/c1-3-15-33-28(40)24-18-34-29(38-27(24)37-25-12-7-21-6-5-20(4-2)26(21)36-25)35-22-8-10-23(11-9-22)39-16-13-30(31,19-32)14-17-39;1-2/h3,7-12,18,20H,1,4-6,13-17,19,32H2,2H3,(H,33,40)(H2,34,35,36,37,38);1-2H3. The predicted octanol–water partition coefficient (Wildman–Crippen LogP) is 6.01. The summed E-state index contributed by atoms with van der Waals surface area (Å²) in [5.74, 6) is 1.48. The molecule has 3 heterocycles. The molecule has 3 aromatic rings. The van der Waals surface area contributed by atoms with Gasteiger partial charge in [0, 0.05) is 68.2 Å². The molecular formula is C32H43FN8O. The van der Waals surface area contributed by atoms with Gasteiger partial charge in [0.15, 0.2) is 0 Å². The summed E-state index contributed by atoms with van der Waals surface area (Å²) in [6, 6.07) is 11.9. The van der Waals surface area contributed by atoms with E-state index in [1.54, 1.807) is 6.08 Å². The highest BCUT2D eigenvalue weighted by atomic mass is 19.1. The Kier molecular flexibility index (Phi) is 10.5. The predicted molar refractivity (Wildman–Crippen MR) is 169 cm³/mol. The Morgan fingerprint density at radius 2 is 1.88 bits per heavy atom. The van der Waals surface area contributed by atoms with Gasteiger partial charge in [-0.2, -0.15) is 4.98 Å². The number of rotatable bonds is 10. The van der Waals surface area contributed by atoms with Crippen LogP contribution in [0.4, 0.5) is 33.3 Å². The molecule has 2 aromatic heterocycles. The molecule has 5 rings (SSSR count). The summed E-state index contributed by atoms with van der Waals surface area (Å²) in [5, 5.41) is 9.28. The molecule has 1 aliphatic carbocycles. The first-order chi connectivity index (χ1) is 20.4. The Labute approximate surface area is 248 Å². The van der Waals surface area contributed by atoms with Crippen molar-refractivity contribution in [1.82, 2.24) is 20.3 Å². The number of hydrogen-bond acceptors (Lipinski definition) is 8. The van der Waals surface area contributed by atoms with Crippen LogP contribution in [0, 0.1) is 0 Å². The summed E-state index contributed by atoms with van der Waals surface area (Å²) in [7, 11) is 0. The zero-order chi connectivity index (χ0) is 30.1. The second-order valence-electron chi connectivity index (χ2n) is 10.5. The van der Waals surface area contributed by atoms with Crippen LogP contribution in [0.2, 0.25) is 0 Å². The molecule has 0 radical (unpaired) electrons. The van der Waals surface area contributed by atoms with Crippen molar-refractivity contribution < 1.29 is 9.18 Å². The summed E-state index contributed by atoms with van der Waals surface area (Å²) in [5.41, 5.74) is 8.86. The fraction of sp³-hybridized carbons (Fsp3) is 0.438. The van der Waals surface area contributed by atoms with E-state index in [1.807, 2.05) is 44.2 Å². The lowest BCUT2D eigenvalue weighted by molar-refractivity contribution is 0.0958. The molecule has 42 heavy (non-hydrogen) atoms. The Balaban J connectivity index is 0.00000198. The average Bonchev–Trinajstić information content (AvgIpc) is 3.44. The van der Waals surface area contributed by atoms with Gasteiger partial charge in [0.1, 0.15) is 22.9 Å². The minimum atomic E-state index is -1.26. The maximum Gasteiger partial charge on any atom is 0.256 e. The Hall–Kier alpha value is -4.05. The van der Waals surface area contributed by atoms with E-state index in [1.165, 1.54) is 11.8 Å². The van der Waals surface area contributed by atoms with Gasteiger partial charge in [0.2, 0.25) is 5.95 Å². The number of anilines is 5. The zero-order valence-corrected chi connectivity index (χ0v) is 24.9. The molecule has 1 aromatic carbocycles. The summed E-state index contributed by atoms with van der Waals surface area (Å²) in [6.45, 7) is 11.5. The van der Waals surface area contributed by atoms with Gasteiger partial charge in [0.05, 0.1) is 0 Å². The number of nitrogens with zero attached hydrogens (tertiary/aromatic N) is 4. The van der Waals surface area contributed by atoms with Crippen molar-refractivity contribution in [1.29, 1.82) is 0 Å². The number of halogens is 1. The summed E-state index contributed by atoms with van der Waals surface area (Å²) >= 11 is 0. The third-order valence-corrected chi connectivity index (χ3v) is 7.85. The number of nitrogens with two attached hydrogens (primary N) is 1. The van der Waals surface area contributed by atoms with Crippen LogP contribution in [0.1, 0.15) is 74.0 Å². The van der Waals surface area contributed by atoms with Crippen LogP contribution in [0.25, 0.3) is 0 Å². The zero-order valence-electron chi connectivity index (χ0n) is 24.9. The van der Waals surface area contributed by atoms with Gasteiger partial charge < -0.3 is 26.6 Å². The third kappa shape index (κ3) is 7.23. The molecule has 0 saturated carbocycles. The summed E-state index contributed by atoms with van der Waals surface area (Å²) < 4.78 is 14.5. The molecule has 0 bridgehead atoms. The van der Waals surface area contributed by atoms with Crippen molar-refractivity contribution in [2.45, 2.75) is 64.5 Å². The van der Waals surface area contributed by atoms with Crippen molar-refractivity contribution in [3.8, 4) is 0 Å². The first-order valence-electron chi connectivity index (χ1n) is 15.0. The lowest BCUT2D eigenvalue weighted by Crippen LogP contribution is -2.45. The summed E-state index contributed by atoms with van der Waals surface area (Å²) in [6.07, 6.45) is 7.17. The molecule has 1 amide bonds. The second kappa shape index (κ2) is 14.2. The molecule has 1 atom stereocenters. The van der Waals surface area contributed by atoms with Crippen LogP contribution in [0.5, 0.6) is 0 Å². The largest absolute Gasteiger partial charge is 0.371 e. The number of carbonyl (C=O) groups is 1. The van der Waals surface area contributed by atoms with E-state index in [0.717, 1.165) is 36.3 Å². The van der Waals surface area contributed by atoms with Crippen molar-refractivity contribution in [3.63, 3.8) is 0 Å². The van der Waals surface area contributed by atoms with E-state index in [0.29, 0.717) is 61.5 Å².